The van der Waals surface area contributed by atoms with E-state index in [9.17, 15) is 4.39 Å². The van der Waals surface area contributed by atoms with Crippen LogP contribution in [0.15, 0.2) is 22.7 Å². The van der Waals surface area contributed by atoms with Crippen LogP contribution >= 0.6 is 15.9 Å². The highest BCUT2D eigenvalue weighted by Crippen LogP contribution is 2.29. The fourth-order valence-electron chi connectivity index (χ4n) is 1.74. The molecule has 0 atom stereocenters. The number of benzene rings is 1. The molecule has 1 heterocycles. The second kappa shape index (κ2) is 6.17. The van der Waals surface area contributed by atoms with Gasteiger partial charge in [-0.15, -0.1) is 0 Å². The number of halogens is 2. The van der Waals surface area contributed by atoms with E-state index in [4.69, 9.17) is 4.74 Å². The zero-order valence-electron chi connectivity index (χ0n) is 11.5. The van der Waals surface area contributed by atoms with Gasteiger partial charge in [-0.3, -0.25) is 0 Å². The van der Waals surface area contributed by atoms with Crippen molar-refractivity contribution in [1.29, 1.82) is 0 Å². The lowest BCUT2D eigenvalue weighted by molar-refractivity contribution is 0.451. The maximum atomic E-state index is 13.4. The summed E-state index contributed by atoms with van der Waals surface area (Å²) in [6.07, 6.45) is 0. The summed E-state index contributed by atoms with van der Waals surface area (Å²) >= 11 is 3.23. The number of aromatic nitrogens is 2. The molecular weight excluding hydrogens is 325 g/mol. The lowest BCUT2D eigenvalue weighted by Crippen LogP contribution is -2.06. The number of hydrogen-bond donors (Lipinski definition) is 1. The van der Waals surface area contributed by atoms with E-state index in [2.05, 4.69) is 31.2 Å². The summed E-state index contributed by atoms with van der Waals surface area (Å²) in [5.41, 5.74) is 0.790. The van der Waals surface area contributed by atoms with E-state index in [0.29, 0.717) is 21.9 Å². The van der Waals surface area contributed by atoms with E-state index in [1.54, 1.807) is 13.0 Å². The Hall–Kier alpha value is -1.69. The summed E-state index contributed by atoms with van der Waals surface area (Å²) in [5.74, 6) is 1.76. The Morgan fingerprint density at radius 3 is 2.65 bits per heavy atom. The zero-order chi connectivity index (χ0) is 14.7. The van der Waals surface area contributed by atoms with Gasteiger partial charge in [-0.25, -0.2) is 9.37 Å². The van der Waals surface area contributed by atoms with Crippen LogP contribution in [-0.4, -0.2) is 16.5 Å². The summed E-state index contributed by atoms with van der Waals surface area (Å²) in [5, 5.41) is 3.15. The molecule has 0 radical (unpaired) electrons. The number of hydrogen-bond acceptors (Lipinski definition) is 4. The van der Waals surface area contributed by atoms with Crippen LogP contribution < -0.4 is 10.1 Å². The molecule has 0 saturated carbocycles. The van der Waals surface area contributed by atoms with E-state index >= 15 is 0 Å². The molecule has 0 spiro atoms. The van der Waals surface area contributed by atoms with Gasteiger partial charge in [0.05, 0.1) is 5.56 Å². The van der Waals surface area contributed by atoms with Crippen molar-refractivity contribution in [2.75, 3.05) is 11.9 Å². The van der Waals surface area contributed by atoms with Gasteiger partial charge in [0.1, 0.15) is 23.2 Å². The number of rotatable bonds is 4. The average Bonchev–Trinajstić information content (AvgIpc) is 2.34. The van der Waals surface area contributed by atoms with Crippen molar-refractivity contribution in [2.24, 2.45) is 0 Å². The first-order chi connectivity index (χ1) is 9.49. The van der Waals surface area contributed by atoms with Crippen molar-refractivity contribution in [1.82, 2.24) is 9.97 Å². The van der Waals surface area contributed by atoms with Crippen LogP contribution in [0.4, 0.5) is 10.2 Å². The van der Waals surface area contributed by atoms with E-state index in [1.165, 1.54) is 12.1 Å². The normalized spacial score (nSPS) is 10.4. The minimum Gasteiger partial charge on any atom is -0.438 e. The fourth-order valence-corrected chi connectivity index (χ4v) is 2.19. The number of nitrogens with one attached hydrogen (secondary N) is 1. The molecular formula is C14H15BrFN3O. The Kier molecular flexibility index (Phi) is 4.54. The second-order valence-corrected chi connectivity index (χ2v) is 5.20. The number of aryl methyl sites for hydroxylation is 1. The second-order valence-electron chi connectivity index (χ2n) is 4.29. The van der Waals surface area contributed by atoms with Crippen molar-refractivity contribution < 1.29 is 9.13 Å². The highest BCUT2D eigenvalue weighted by atomic mass is 79.9. The highest BCUT2D eigenvalue weighted by molar-refractivity contribution is 9.10. The highest BCUT2D eigenvalue weighted by Gasteiger charge is 2.11. The summed E-state index contributed by atoms with van der Waals surface area (Å²) < 4.78 is 19.6. The van der Waals surface area contributed by atoms with Gasteiger partial charge in [0, 0.05) is 17.1 Å². The predicted molar refractivity (Wildman–Crippen MR) is 79.8 cm³/mol. The summed E-state index contributed by atoms with van der Waals surface area (Å²) in [6.45, 7) is 6.39. The number of anilines is 1. The molecule has 20 heavy (non-hydrogen) atoms. The first-order valence-corrected chi connectivity index (χ1v) is 7.02. The predicted octanol–water partition coefficient (Wildman–Crippen LogP) is 4.22. The van der Waals surface area contributed by atoms with Gasteiger partial charge in [-0.05, 0) is 32.9 Å². The van der Waals surface area contributed by atoms with Crippen LogP contribution in [0, 0.1) is 19.7 Å². The molecule has 0 bridgehead atoms. The van der Waals surface area contributed by atoms with Crippen LogP contribution in [0.2, 0.25) is 0 Å². The van der Waals surface area contributed by atoms with Gasteiger partial charge in [-0.1, -0.05) is 15.9 Å². The molecule has 6 heteroatoms. The van der Waals surface area contributed by atoms with E-state index in [-0.39, 0.29) is 5.82 Å². The summed E-state index contributed by atoms with van der Waals surface area (Å²) in [4.78, 5) is 8.57. The maximum Gasteiger partial charge on any atom is 0.227 e. The van der Waals surface area contributed by atoms with E-state index < -0.39 is 0 Å². The minimum atomic E-state index is -0.371. The molecule has 0 unspecified atom stereocenters. The van der Waals surface area contributed by atoms with Crippen LogP contribution in [0.25, 0.3) is 0 Å². The van der Waals surface area contributed by atoms with E-state index in [1.807, 2.05) is 13.8 Å². The third kappa shape index (κ3) is 3.45. The van der Waals surface area contributed by atoms with Crippen LogP contribution in [0.1, 0.15) is 18.3 Å². The molecule has 1 aromatic heterocycles. The molecule has 0 fully saturated rings. The first kappa shape index (κ1) is 14.7. The molecule has 0 saturated heterocycles. The Morgan fingerprint density at radius 1 is 1.25 bits per heavy atom. The Balaban J connectivity index is 2.37. The summed E-state index contributed by atoms with van der Waals surface area (Å²) in [6, 6.07) is 4.37. The standard InChI is InChI=1S/C14H15BrFN3O/c1-4-17-13-8(2)14(19-9(3)18-13)20-12-6-10(15)5-11(16)7-12/h5-7H,4H2,1-3H3,(H,17,18,19). The third-order valence-corrected chi connectivity index (χ3v) is 3.07. The zero-order valence-corrected chi connectivity index (χ0v) is 13.1. The van der Waals surface area contributed by atoms with Crippen molar-refractivity contribution in [3.8, 4) is 11.6 Å². The average molecular weight is 340 g/mol. The maximum absolute atomic E-state index is 13.4. The van der Waals surface area contributed by atoms with Gasteiger partial charge >= 0.3 is 0 Å². The monoisotopic (exact) mass is 339 g/mol. The fraction of sp³-hybridized carbons (Fsp3) is 0.286. The number of ether oxygens (including phenoxy) is 1. The molecule has 4 nitrogen and oxygen atoms in total. The van der Waals surface area contributed by atoms with Crippen LogP contribution in [0.5, 0.6) is 11.6 Å². The molecule has 2 rings (SSSR count). The lowest BCUT2D eigenvalue weighted by Gasteiger charge is -2.12. The molecule has 1 N–H and O–H groups in total. The third-order valence-electron chi connectivity index (χ3n) is 2.61. The van der Waals surface area contributed by atoms with E-state index in [0.717, 1.165) is 17.9 Å². The molecule has 1 aromatic carbocycles. The Bertz CT molecular complexity index is 614. The van der Waals surface area contributed by atoms with Crippen LogP contribution in [0.3, 0.4) is 0 Å². The topological polar surface area (TPSA) is 47.0 Å². The Labute approximate surface area is 125 Å². The quantitative estimate of drug-likeness (QED) is 0.905. The van der Waals surface area contributed by atoms with Gasteiger partial charge in [0.25, 0.3) is 0 Å². The number of nitrogens with zero attached hydrogens (tertiary/aromatic N) is 2. The largest absolute Gasteiger partial charge is 0.438 e. The minimum absolute atomic E-state index is 0.371. The van der Waals surface area contributed by atoms with Crippen molar-refractivity contribution in [3.05, 3.63) is 39.9 Å². The van der Waals surface area contributed by atoms with Crippen LogP contribution in [-0.2, 0) is 0 Å². The van der Waals surface area contributed by atoms with Gasteiger partial charge in [0.15, 0.2) is 0 Å². The van der Waals surface area contributed by atoms with Gasteiger partial charge in [0.2, 0.25) is 5.88 Å². The molecule has 0 amide bonds. The first-order valence-electron chi connectivity index (χ1n) is 6.22. The van der Waals surface area contributed by atoms with Crippen molar-refractivity contribution in [3.63, 3.8) is 0 Å². The SMILES string of the molecule is CCNc1nc(C)nc(Oc2cc(F)cc(Br)c2)c1C. The van der Waals surface area contributed by atoms with Gasteiger partial charge in [-0.2, -0.15) is 4.98 Å². The van der Waals surface area contributed by atoms with Gasteiger partial charge < -0.3 is 10.1 Å². The molecule has 0 aliphatic heterocycles. The molecule has 0 aliphatic rings. The lowest BCUT2D eigenvalue weighted by atomic mass is 10.3. The molecule has 2 aromatic rings. The molecule has 0 aliphatic carbocycles. The van der Waals surface area contributed by atoms with Crippen molar-refractivity contribution >= 4 is 21.7 Å². The molecule has 106 valence electrons. The smallest absolute Gasteiger partial charge is 0.227 e. The summed E-state index contributed by atoms with van der Waals surface area (Å²) in [7, 11) is 0. The Morgan fingerprint density at radius 2 is 2.00 bits per heavy atom. The van der Waals surface area contributed by atoms with Crippen molar-refractivity contribution in [2.45, 2.75) is 20.8 Å².